The van der Waals surface area contributed by atoms with Crippen molar-refractivity contribution in [2.24, 2.45) is 7.05 Å². The van der Waals surface area contributed by atoms with E-state index in [4.69, 9.17) is 10.8 Å². The van der Waals surface area contributed by atoms with Crippen molar-refractivity contribution < 1.29 is 4.79 Å². The van der Waals surface area contributed by atoms with Crippen molar-refractivity contribution in [3.05, 3.63) is 58.7 Å². The number of amides is 1. The second-order valence-electron chi connectivity index (χ2n) is 11.3. The number of nitrogens with zero attached hydrogens (tertiary/aromatic N) is 7. The summed E-state index contributed by atoms with van der Waals surface area (Å²) in [6.45, 7) is 10.2. The first-order valence-electron chi connectivity index (χ1n) is 13.2. The predicted molar refractivity (Wildman–Crippen MR) is 153 cm³/mol. The standard InChI is InChI=1S/C29H35N9O/c1-18-7-8-20(28(39)33-24-16-23(29(2,3)4)35-37(24)6)15-19(18)9-10-22-25-26(30)31-17-32-27(25)38(34-22)21-11-13-36(5)14-12-21/h7-8,15-17,21H,11-14H2,1-6H3,(H,33,39)(H2,30,31,32). The number of aromatic nitrogens is 6. The molecule has 0 saturated carbocycles. The Morgan fingerprint density at radius 3 is 2.51 bits per heavy atom. The Labute approximate surface area is 228 Å². The van der Waals surface area contributed by atoms with Gasteiger partial charge in [0.25, 0.3) is 5.91 Å². The van der Waals surface area contributed by atoms with Gasteiger partial charge in [0.15, 0.2) is 5.65 Å². The summed E-state index contributed by atoms with van der Waals surface area (Å²) in [6.07, 6.45) is 3.43. The molecule has 0 unspecified atom stereocenters. The number of piperidine rings is 1. The van der Waals surface area contributed by atoms with Crippen molar-refractivity contribution in [2.75, 3.05) is 31.2 Å². The molecule has 3 aromatic heterocycles. The van der Waals surface area contributed by atoms with Crippen LogP contribution in [0.3, 0.4) is 0 Å². The van der Waals surface area contributed by atoms with Gasteiger partial charge in [-0.05, 0) is 63.5 Å². The van der Waals surface area contributed by atoms with Gasteiger partial charge in [0.2, 0.25) is 0 Å². The lowest BCUT2D eigenvalue weighted by Crippen LogP contribution is -2.32. The maximum Gasteiger partial charge on any atom is 0.256 e. The number of benzene rings is 1. The van der Waals surface area contributed by atoms with Gasteiger partial charge in [0.1, 0.15) is 23.7 Å². The molecule has 1 fully saturated rings. The van der Waals surface area contributed by atoms with E-state index in [-0.39, 0.29) is 17.4 Å². The van der Waals surface area contributed by atoms with Crippen molar-refractivity contribution in [1.29, 1.82) is 0 Å². The van der Waals surface area contributed by atoms with Crippen molar-refractivity contribution in [2.45, 2.75) is 52.0 Å². The number of nitrogens with one attached hydrogen (secondary N) is 1. The van der Waals surface area contributed by atoms with E-state index in [1.165, 1.54) is 6.33 Å². The van der Waals surface area contributed by atoms with E-state index in [0.29, 0.717) is 33.9 Å². The van der Waals surface area contributed by atoms with Crippen LogP contribution in [-0.2, 0) is 12.5 Å². The average Bonchev–Trinajstić information content (AvgIpc) is 3.45. The fourth-order valence-corrected chi connectivity index (χ4v) is 4.74. The molecule has 0 aliphatic carbocycles. The molecule has 0 atom stereocenters. The number of nitrogen functional groups attached to an aromatic ring is 1. The molecule has 4 aromatic rings. The number of aryl methyl sites for hydroxylation is 2. The van der Waals surface area contributed by atoms with Gasteiger partial charge in [-0.3, -0.25) is 9.48 Å². The number of anilines is 2. The van der Waals surface area contributed by atoms with Crippen molar-refractivity contribution >= 4 is 28.6 Å². The molecule has 39 heavy (non-hydrogen) atoms. The lowest BCUT2D eigenvalue weighted by Gasteiger charge is -2.29. The number of rotatable bonds is 3. The molecule has 1 aromatic carbocycles. The number of nitrogens with two attached hydrogens (primary N) is 1. The molecule has 0 radical (unpaired) electrons. The molecule has 10 nitrogen and oxygen atoms in total. The minimum absolute atomic E-state index is 0.119. The van der Waals surface area contributed by atoms with Crippen LogP contribution in [0.5, 0.6) is 0 Å². The largest absolute Gasteiger partial charge is 0.383 e. The maximum atomic E-state index is 13.1. The predicted octanol–water partition coefficient (Wildman–Crippen LogP) is 3.67. The second-order valence-corrected chi connectivity index (χ2v) is 11.3. The smallest absolute Gasteiger partial charge is 0.256 e. The molecule has 4 heterocycles. The molecule has 1 amide bonds. The van der Waals surface area contributed by atoms with Crippen LogP contribution in [0.25, 0.3) is 11.0 Å². The van der Waals surface area contributed by atoms with E-state index >= 15 is 0 Å². The lowest BCUT2D eigenvalue weighted by molar-refractivity contribution is 0.102. The van der Waals surface area contributed by atoms with Gasteiger partial charge in [-0.15, -0.1) is 0 Å². The first-order valence-corrected chi connectivity index (χ1v) is 13.2. The number of carbonyl (C=O) groups excluding carboxylic acids is 1. The molecule has 0 bridgehead atoms. The summed E-state index contributed by atoms with van der Waals surface area (Å²) in [5, 5.41) is 13.0. The topological polar surface area (TPSA) is 120 Å². The molecule has 202 valence electrons. The Balaban J connectivity index is 1.45. The molecule has 1 aliphatic heterocycles. The lowest BCUT2D eigenvalue weighted by atomic mass is 9.92. The zero-order valence-corrected chi connectivity index (χ0v) is 23.4. The molecule has 1 aliphatic rings. The van der Waals surface area contributed by atoms with Crippen molar-refractivity contribution in [3.8, 4) is 11.8 Å². The minimum atomic E-state index is -0.226. The summed E-state index contributed by atoms with van der Waals surface area (Å²) >= 11 is 0. The van der Waals surface area contributed by atoms with E-state index < -0.39 is 0 Å². The number of carbonyl (C=O) groups is 1. The molecule has 3 N–H and O–H groups in total. The highest BCUT2D eigenvalue weighted by molar-refractivity contribution is 6.04. The summed E-state index contributed by atoms with van der Waals surface area (Å²) in [7, 11) is 3.95. The minimum Gasteiger partial charge on any atom is -0.383 e. The zero-order chi connectivity index (χ0) is 27.9. The van der Waals surface area contributed by atoms with Crippen LogP contribution in [0.15, 0.2) is 30.6 Å². The third kappa shape index (κ3) is 5.36. The molecule has 0 spiro atoms. The number of hydrogen-bond donors (Lipinski definition) is 2. The molecular formula is C29H35N9O. The van der Waals surface area contributed by atoms with Crippen LogP contribution in [0, 0.1) is 18.8 Å². The van der Waals surface area contributed by atoms with Crippen molar-refractivity contribution in [3.63, 3.8) is 0 Å². The highest BCUT2D eigenvalue weighted by Crippen LogP contribution is 2.29. The molecule has 1 saturated heterocycles. The van der Waals surface area contributed by atoms with Crippen LogP contribution in [0.2, 0.25) is 0 Å². The first kappa shape index (κ1) is 26.4. The van der Waals surface area contributed by atoms with Crippen molar-refractivity contribution in [1.82, 2.24) is 34.4 Å². The van der Waals surface area contributed by atoms with E-state index in [2.05, 4.69) is 64.9 Å². The third-order valence-electron chi connectivity index (χ3n) is 7.26. The van der Waals surface area contributed by atoms with Gasteiger partial charge < -0.3 is 16.0 Å². The fraction of sp³-hybridized carbons (Fsp3) is 0.414. The van der Waals surface area contributed by atoms with E-state index in [1.54, 1.807) is 16.8 Å². The highest BCUT2D eigenvalue weighted by Gasteiger charge is 2.24. The fourth-order valence-electron chi connectivity index (χ4n) is 4.74. The van der Waals surface area contributed by atoms with Gasteiger partial charge in [0.05, 0.1) is 17.1 Å². The average molecular weight is 526 g/mol. The number of likely N-dealkylation sites (tertiary alicyclic amines) is 1. The van der Waals surface area contributed by atoms with E-state index in [9.17, 15) is 4.79 Å². The van der Waals surface area contributed by atoms with Crippen LogP contribution in [0.1, 0.15) is 72.5 Å². The maximum absolute atomic E-state index is 13.1. The Kier molecular flexibility index (Phi) is 6.87. The Morgan fingerprint density at radius 1 is 1.08 bits per heavy atom. The Morgan fingerprint density at radius 2 is 1.82 bits per heavy atom. The monoisotopic (exact) mass is 525 g/mol. The second kappa shape index (κ2) is 10.2. The summed E-state index contributed by atoms with van der Waals surface area (Å²) < 4.78 is 3.65. The van der Waals surface area contributed by atoms with E-state index in [0.717, 1.165) is 42.8 Å². The quantitative estimate of drug-likeness (QED) is 0.392. The number of hydrogen-bond acceptors (Lipinski definition) is 7. The molecular weight excluding hydrogens is 490 g/mol. The Hall–Kier alpha value is -4.23. The van der Waals surface area contributed by atoms with Crippen LogP contribution < -0.4 is 11.1 Å². The van der Waals surface area contributed by atoms with Crippen LogP contribution in [-0.4, -0.2) is 60.5 Å². The summed E-state index contributed by atoms with van der Waals surface area (Å²) in [5.41, 5.74) is 10.5. The number of fused-ring (bicyclic) bond motifs is 1. The highest BCUT2D eigenvalue weighted by atomic mass is 16.1. The zero-order valence-electron chi connectivity index (χ0n) is 23.4. The van der Waals surface area contributed by atoms with Gasteiger partial charge >= 0.3 is 0 Å². The molecule has 10 heteroatoms. The third-order valence-corrected chi connectivity index (χ3v) is 7.26. The first-order chi connectivity index (χ1) is 18.5. The van der Waals surface area contributed by atoms with Crippen LogP contribution >= 0.6 is 0 Å². The van der Waals surface area contributed by atoms with Gasteiger partial charge in [-0.1, -0.05) is 32.8 Å². The Bertz CT molecular complexity index is 1610. The van der Waals surface area contributed by atoms with Crippen LogP contribution in [0.4, 0.5) is 11.6 Å². The van der Waals surface area contributed by atoms with Gasteiger partial charge in [-0.25, -0.2) is 14.6 Å². The SMILES string of the molecule is Cc1ccc(C(=O)Nc2cc(C(C)(C)C)nn2C)cc1C#Cc1nn(C2CCN(C)CC2)c2ncnc(N)c12. The summed E-state index contributed by atoms with van der Waals surface area (Å²) in [5.74, 6) is 7.20. The normalized spacial score (nSPS) is 14.8. The summed E-state index contributed by atoms with van der Waals surface area (Å²) in [4.78, 5) is 24.1. The van der Waals surface area contributed by atoms with Gasteiger partial charge in [-0.2, -0.15) is 10.2 Å². The van der Waals surface area contributed by atoms with Gasteiger partial charge in [0, 0.05) is 29.7 Å². The summed E-state index contributed by atoms with van der Waals surface area (Å²) in [6, 6.07) is 7.63. The molecule has 5 rings (SSSR count). The van der Waals surface area contributed by atoms with E-state index in [1.807, 2.05) is 30.8 Å².